The molecule has 4 aliphatic rings. The zero-order chi connectivity index (χ0) is 21.5. The fourth-order valence-electron chi connectivity index (χ4n) is 6.52. The molecule has 0 saturated heterocycles. The van der Waals surface area contributed by atoms with Crippen molar-refractivity contribution < 1.29 is 9.59 Å². The van der Waals surface area contributed by atoms with Crippen LogP contribution in [0.3, 0.4) is 0 Å². The fraction of sp³-hybridized carbons (Fsp3) is 0.680. The van der Waals surface area contributed by atoms with Crippen molar-refractivity contribution in [3.05, 3.63) is 29.8 Å². The Labute approximate surface area is 185 Å². The predicted octanol–water partition coefficient (Wildman–Crippen LogP) is 4.72. The molecule has 0 spiro atoms. The second-order valence-corrected chi connectivity index (χ2v) is 11.3. The molecular weight excluding hydrogens is 392 g/mol. The molecule has 30 heavy (non-hydrogen) atoms. The summed E-state index contributed by atoms with van der Waals surface area (Å²) >= 11 is 1.71. The van der Waals surface area contributed by atoms with E-state index in [1.165, 1.54) is 24.2 Å². The van der Waals surface area contributed by atoms with Crippen LogP contribution < -0.4 is 5.32 Å². The standard InChI is InChI=1S/C25H36N2O2S/c1-16(2)22(23(28)27(3)15-17-5-7-21(30-4)8-6-17)26-24(29)25-12-18-9-19(13-25)11-20(10-18)14-25/h5-8,16,18-20,22H,9-15H2,1-4H3,(H,26,29)/t18?,19?,20?,22-,25?/m0/s1. The monoisotopic (exact) mass is 428 g/mol. The Balaban J connectivity index is 1.42. The van der Waals surface area contributed by atoms with Crippen LogP contribution in [0.15, 0.2) is 29.2 Å². The minimum Gasteiger partial charge on any atom is -0.344 e. The number of rotatable bonds is 7. The van der Waals surface area contributed by atoms with Gasteiger partial charge in [-0.15, -0.1) is 11.8 Å². The van der Waals surface area contributed by atoms with Crippen LogP contribution in [0.25, 0.3) is 0 Å². The number of hydrogen-bond acceptors (Lipinski definition) is 3. The van der Waals surface area contributed by atoms with Crippen LogP contribution in [0, 0.1) is 29.1 Å². The van der Waals surface area contributed by atoms with Gasteiger partial charge in [0.05, 0.1) is 0 Å². The second-order valence-electron chi connectivity index (χ2n) is 10.4. The summed E-state index contributed by atoms with van der Waals surface area (Å²) in [4.78, 5) is 29.7. The topological polar surface area (TPSA) is 49.4 Å². The third kappa shape index (κ3) is 4.28. The lowest BCUT2D eigenvalue weighted by Gasteiger charge is -2.56. The molecule has 1 N–H and O–H groups in total. The van der Waals surface area contributed by atoms with Gasteiger partial charge in [0.15, 0.2) is 0 Å². The molecule has 0 aliphatic heterocycles. The van der Waals surface area contributed by atoms with Gasteiger partial charge in [-0.2, -0.15) is 0 Å². The molecule has 4 saturated carbocycles. The molecule has 4 aliphatic carbocycles. The van der Waals surface area contributed by atoms with E-state index in [1.807, 2.05) is 20.9 Å². The van der Waals surface area contributed by atoms with E-state index < -0.39 is 6.04 Å². The molecule has 0 aromatic heterocycles. The number of benzene rings is 1. The summed E-state index contributed by atoms with van der Waals surface area (Å²) in [6.07, 6.45) is 9.10. The fourth-order valence-corrected chi connectivity index (χ4v) is 6.93. The van der Waals surface area contributed by atoms with E-state index in [9.17, 15) is 9.59 Å². The minimum absolute atomic E-state index is 0.0111. The normalized spacial score (nSPS) is 30.4. The van der Waals surface area contributed by atoms with Gasteiger partial charge in [-0.05, 0) is 86.1 Å². The smallest absolute Gasteiger partial charge is 0.245 e. The van der Waals surface area contributed by atoms with Crippen molar-refractivity contribution in [2.45, 2.75) is 69.9 Å². The van der Waals surface area contributed by atoms with Gasteiger partial charge in [0.2, 0.25) is 11.8 Å². The molecule has 0 unspecified atom stereocenters. The maximum absolute atomic E-state index is 13.5. The minimum atomic E-state index is -0.457. The molecule has 4 bridgehead atoms. The maximum atomic E-state index is 13.5. The first kappa shape index (κ1) is 21.7. The molecule has 1 atom stereocenters. The molecule has 0 radical (unpaired) electrons. The Morgan fingerprint density at radius 2 is 1.60 bits per heavy atom. The first-order valence-corrected chi connectivity index (χ1v) is 12.7. The van der Waals surface area contributed by atoms with Crippen LogP contribution in [0.5, 0.6) is 0 Å². The van der Waals surface area contributed by atoms with Crippen molar-refractivity contribution in [3.63, 3.8) is 0 Å². The van der Waals surface area contributed by atoms with Gasteiger partial charge in [0.1, 0.15) is 6.04 Å². The highest BCUT2D eigenvalue weighted by Crippen LogP contribution is 2.60. The van der Waals surface area contributed by atoms with Gasteiger partial charge < -0.3 is 10.2 Å². The number of nitrogens with zero attached hydrogens (tertiary/aromatic N) is 1. The van der Waals surface area contributed by atoms with Crippen LogP contribution in [-0.2, 0) is 16.1 Å². The van der Waals surface area contributed by atoms with Gasteiger partial charge in [-0.1, -0.05) is 26.0 Å². The number of hydrogen-bond donors (Lipinski definition) is 1. The molecule has 1 aromatic carbocycles. The third-order valence-electron chi connectivity index (χ3n) is 7.69. The first-order chi connectivity index (χ1) is 14.3. The summed E-state index contributed by atoms with van der Waals surface area (Å²) in [6.45, 7) is 4.62. The number of carbonyl (C=O) groups excluding carboxylic acids is 2. The van der Waals surface area contributed by atoms with E-state index >= 15 is 0 Å². The Bertz CT molecular complexity index is 754. The molecule has 4 nitrogen and oxygen atoms in total. The van der Waals surface area contributed by atoms with E-state index in [4.69, 9.17) is 0 Å². The van der Waals surface area contributed by atoms with E-state index in [-0.39, 0.29) is 23.1 Å². The van der Waals surface area contributed by atoms with Crippen molar-refractivity contribution in [2.75, 3.05) is 13.3 Å². The van der Waals surface area contributed by atoms with Crippen LogP contribution in [-0.4, -0.2) is 36.1 Å². The number of nitrogens with one attached hydrogen (secondary N) is 1. The first-order valence-electron chi connectivity index (χ1n) is 11.5. The van der Waals surface area contributed by atoms with Gasteiger partial charge in [0, 0.05) is 23.9 Å². The SMILES string of the molecule is CSc1ccc(CN(C)C(=O)[C@@H](NC(=O)C23CC4CC(CC(C4)C2)C3)C(C)C)cc1. The highest BCUT2D eigenvalue weighted by atomic mass is 32.2. The molecule has 1 aromatic rings. The number of likely N-dealkylation sites (N-methyl/N-ethyl adjacent to an activating group) is 1. The summed E-state index contributed by atoms with van der Waals surface area (Å²) in [6, 6.07) is 7.88. The average molecular weight is 429 g/mol. The van der Waals surface area contributed by atoms with Crippen LogP contribution in [0.4, 0.5) is 0 Å². The van der Waals surface area contributed by atoms with Crippen molar-refractivity contribution >= 4 is 23.6 Å². The molecular formula is C25H36N2O2S. The van der Waals surface area contributed by atoms with E-state index in [0.717, 1.165) is 42.6 Å². The summed E-state index contributed by atoms with van der Waals surface area (Å²) in [7, 11) is 1.84. The van der Waals surface area contributed by atoms with Crippen LogP contribution in [0.1, 0.15) is 57.9 Å². The lowest BCUT2D eigenvalue weighted by molar-refractivity contribution is -0.150. The number of carbonyl (C=O) groups is 2. The quantitative estimate of drug-likeness (QED) is 0.639. The molecule has 5 rings (SSSR count). The predicted molar refractivity (Wildman–Crippen MR) is 122 cm³/mol. The van der Waals surface area contributed by atoms with E-state index in [0.29, 0.717) is 6.54 Å². The Kier molecular flexibility index (Phi) is 6.20. The highest BCUT2D eigenvalue weighted by molar-refractivity contribution is 7.98. The van der Waals surface area contributed by atoms with Gasteiger partial charge >= 0.3 is 0 Å². The molecule has 2 amide bonds. The van der Waals surface area contributed by atoms with E-state index in [2.05, 4.69) is 35.8 Å². The lowest BCUT2D eigenvalue weighted by atomic mass is 9.49. The summed E-state index contributed by atoms with van der Waals surface area (Å²) < 4.78 is 0. The van der Waals surface area contributed by atoms with Crippen molar-refractivity contribution in [1.82, 2.24) is 10.2 Å². The molecule has 4 fully saturated rings. The zero-order valence-corrected chi connectivity index (χ0v) is 19.6. The summed E-state index contributed by atoms with van der Waals surface area (Å²) in [5, 5.41) is 3.22. The van der Waals surface area contributed by atoms with Gasteiger partial charge in [-0.3, -0.25) is 9.59 Å². The van der Waals surface area contributed by atoms with Crippen molar-refractivity contribution in [2.24, 2.45) is 29.1 Å². The molecule has 164 valence electrons. The Morgan fingerprint density at radius 1 is 1.07 bits per heavy atom. The van der Waals surface area contributed by atoms with Gasteiger partial charge in [-0.25, -0.2) is 0 Å². The lowest BCUT2D eigenvalue weighted by Crippen LogP contribution is -2.58. The zero-order valence-electron chi connectivity index (χ0n) is 18.8. The summed E-state index contributed by atoms with van der Waals surface area (Å²) in [5.41, 5.74) is 0.896. The second kappa shape index (κ2) is 8.57. The molecule has 5 heteroatoms. The van der Waals surface area contributed by atoms with Crippen molar-refractivity contribution in [1.29, 1.82) is 0 Å². The Hall–Kier alpha value is -1.49. The summed E-state index contributed by atoms with van der Waals surface area (Å²) in [5.74, 6) is 2.39. The maximum Gasteiger partial charge on any atom is 0.245 e. The third-order valence-corrected chi connectivity index (χ3v) is 8.44. The van der Waals surface area contributed by atoms with E-state index in [1.54, 1.807) is 16.7 Å². The van der Waals surface area contributed by atoms with Crippen LogP contribution in [0.2, 0.25) is 0 Å². The highest BCUT2D eigenvalue weighted by Gasteiger charge is 2.55. The van der Waals surface area contributed by atoms with Crippen molar-refractivity contribution in [3.8, 4) is 0 Å². The number of thioether (sulfide) groups is 1. The average Bonchev–Trinajstić information content (AvgIpc) is 2.70. The van der Waals surface area contributed by atoms with Crippen LogP contribution >= 0.6 is 11.8 Å². The largest absolute Gasteiger partial charge is 0.344 e. The Morgan fingerprint density at radius 3 is 2.07 bits per heavy atom. The van der Waals surface area contributed by atoms with Gasteiger partial charge in [0.25, 0.3) is 0 Å². The number of amides is 2. The molecule has 0 heterocycles.